The molecule has 2 aromatic carbocycles. The normalized spacial score (nSPS) is 11.9. The maximum absolute atomic E-state index is 12.7. The number of urea groups is 1. The number of carbonyl (C=O) groups excluding carboxylic acids is 2. The van der Waals surface area contributed by atoms with Crippen LogP contribution in [0.1, 0.15) is 26.3 Å². The Morgan fingerprint density at radius 1 is 1.09 bits per heavy atom. The zero-order valence-corrected chi connectivity index (χ0v) is 20.0. The summed E-state index contributed by atoms with van der Waals surface area (Å²) in [5.41, 5.74) is 4.26. The molecule has 8 N–H and O–H groups in total. The van der Waals surface area contributed by atoms with Crippen LogP contribution < -0.4 is 38.1 Å². The van der Waals surface area contributed by atoms with E-state index in [0.717, 1.165) is 5.56 Å². The maximum atomic E-state index is 12.7. The van der Waals surface area contributed by atoms with Crippen LogP contribution in [0.2, 0.25) is 0 Å². The smallest absolute Gasteiger partial charge is 0.324 e. The molecule has 0 spiro atoms. The number of nitrogens with one attached hydrogen (secondary N) is 4. The van der Waals surface area contributed by atoms with Crippen molar-refractivity contribution >= 4 is 29.5 Å². The van der Waals surface area contributed by atoms with Crippen LogP contribution >= 0.6 is 0 Å². The van der Waals surface area contributed by atoms with Crippen molar-refractivity contribution in [3.05, 3.63) is 72.2 Å². The molecule has 0 unspecified atom stereocenters. The number of hydrazone groups is 1. The molecule has 186 valence electrons. The average molecular weight is 481 g/mol. The Morgan fingerprint density at radius 3 is 2.49 bits per heavy atom. The number of hydrazine groups is 1. The fourth-order valence-electron chi connectivity index (χ4n) is 2.69. The molecule has 0 aliphatic carbocycles. The second kappa shape index (κ2) is 13.3. The summed E-state index contributed by atoms with van der Waals surface area (Å²) in [5, 5.41) is 20.9. The molecule has 0 aliphatic rings. The van der Waals surface area contributed by atoms with Gasteiger partial charge in [0.15, 0.2) is 5.82 Å². The lowest BCUT2D eigenvalue weighted by molar-refractivity contribution is -0.119. The molecule has 12 nitrogen and oxygen atoms in total. The summed E-state index contributed by atoms with van der Waals surface area (Å²) in [6.07, 6.45) is 3.16. The van der Waals surface area contributed by atoms with Gasteiger partial charge in [0, 0.05) is 18.4 Å². The lowest BCUT2D eigenvalue weighted by Crippen LogP contribution is -2.37. The van der Waals surface area contributed by atoms with Gasteiger partial charge in [-0.2, -0.15) is 10.2 Å². The van der Waals surface area contributed by atoms with E-state index >= 15 is 0 Å². The molecule has 0 radical (unpaired) electrons. The summed E-state index contributed by atoms with van der Waals surface area (Å²) >= 11 is 0. The van der Waals surface area contributed by atoms with Crippen molar-refractivity contribution < 1.29 is 9.59 Å². The van der Waals surface area contributed by atoms with E-state index in [-0.39, 0.29) is 30.2 Å². The van der Waals surface area contributed by atoms with Crippen molar-refractivity contribution in [3.63, 3.8) is 0 Å². The Hall–Kier alpha value is -4.45. The fourth-order valence-corrected chi connectivity index (χ4v) is 2.69. The molecule has 0 saturated heterocycles. The first-order valence-corrected chi connectivity index (χ1v) is 10.8. The molecule has 0 aromatic heterocycles. The maximum Gasteiger partial charge on any atom is 0.324 e. The van der Waals surface area contributed by atoms with Crippen molar-refractivity contribution in [2.24, 2.45) is 32.5 Å². The number of hydrogen-bond donors (Lipinski definition) is 6. The number of benzene rings is 2. The highest BCUT2D eigenvalue weighted by Crippen LogP contribution is 2.22. The molecule has 0 aliphatic heterocycles. The third kappa shape index (κ3) is 9.92. The van der Waals surface area contributed by atoms with Crippen LogP contribution in [0.25, 0.3) is 0 Å². The molecule has 0 atom stereocenters. The second-order valence-electron chi connectivity index (χ2n) is 8.43. The molecular weight excluding hydrogens is 448 g/mol. The molecule has 35 heavy (non-hydrogen) atoms. The van der Waals surface area contributed by atoms with Crippen molar-refractivity contribution in [3.8, 4) is 0 Å². The van der Waals surface area contributed by atoms with Crippen LogP contribution in [0, 0.1) is 5.41 Å². The van der Waals surface area contributed by atoms with Gasteiger partial charge in [0.05, 0.1) is 11.9 Å². The second-order valence-corrected chi connectivity index (χ2v) is 8.43. The fraction of sp³-hybridized carbons (Fsp3) is 0.261. The van der Waals surface area contributed by atoms with Gasteiger partial charge in [0.25, 0.3) is 0 Å². The van der Waals surface area contributed by atoms with E-state index in [9.17, 15) is 9.59 Å². The zero-order valence-electron chi connectivity index (χ0n) is 20.0. The largest absolute Gasteiger partial charge is 0.350 e. The molecule has 0 bridgehead atoms. The quantitative estimate of drug-likeness (QED) is 0.132. The van der Waals surface area contributed by atoms with E-state index in [0.29, 0.717) is 11.4 Å². The van der Waals surface area contributed by atoms with Crippen LogP contribution in [0.15, 0.2) is 82.1 Å². The number of hydrogen-bond acceptors (Lipinski definition) is 8. The van der Waals surface area contributed by atoms with Crippen LogP contribution in [-0.4, -0.2) is 24.7 Å². The summed E-state index contributed by atoms with van der Waals surface area (Å²) < 4.78 is 0. The predicted octanol–water partition coefficient (Wildman–Crippen LogP) is 2.55. The average Bonchev–Trinajstić information content (AvgIpc) is 2.82. The first kappa shape index (κ1) is 26.8. The Labute approximate surface area is 204 Å². The molecule has 0 heterocycles. The standard InChI is InChI=1S/C23H32N10O2/c1-23(2,3)16-29-33(19-11-7-8-17(12-19)13-26-21(34)15-28-32-25)20(14-27-24)31-22(35)30-18-9-5-4-6-10-18/h4-12,14,16,27H,13,15,24H2,1-3H3,(H2,25,28)(H,26,34)(H2,30,31,35)/b20-14-,29-16+. The van der Waals surface area contributed by atoms with Gasteiger partial charge in [-0.3, -0.25) is 16.0 Å². The minimum atomic E-state index is -0.480. The molecule has 3 amide bonds. The lowest BCUT2D eigenvalue weighted by Gasteiger charge is -2.25. The number of rotatable bonds is 10. The van der Waals surface area contributed by atoms with Crippen molar-refractivity contribution in [1.82, 2.24) is 16.1 Å². The third-order valence-electron chi connectivity index (χ3n) is 4.22. The van der Waals surface area contributed by atoms with E-state index in [1.165, 1.54) is 11.2 Å². The lowest BCUT2D eigenvalue weighted by atomic mass is 9.99. The van der Waals surface area contributed by atoms with Gasteiger partial charge in [-0.25, -0.2) is 9.80 Å². The van der Waals surface area contributed by atoms with Gasteiger partial charge in [-0.1, -0.05) is 56.3 Å². The highest BCUT2D eigenvalue weighted by atomic mass is 16.2. The minimum absolute atomic E-state index is 0.159. The topological polar surface area (TPSA) is 175 Å². The number of nitrogens with two attached hydrogens (primary N) is 2. The summed E-state index contributed by atoms with van der Waals surface area (Å²) in [6, 6.07) is 15.8. The highest BCUT2D eigenvalue weighted by Gasteiger charge is 2.17. The Kier molecular flexibility index (Phi) is 10.2. The highest BCUT2D eigenvalue weighted by molar-refractivity contribution is 5.90. The Balaban J connectivity index is 2.30. The Morgan fingerprint density at radius 2 is 1.83 bits per heavy atom. The number of anilines is 2. The number of para-hydroxylation sites is 1. The number of nitrogens with zero attached hydrogens (tertiary/aromatic N) is 4. The summed E-state index contributed by atoms with van der Waals surface area (Å²) in [5.74, 6) is 10.4. The van der Waals surface area contributed by atoms with Gasteiger partial charge < -0.3 is 21.9 Å². The van der Waals surface area contributed by atoms with Gasteiger partial charge in [0.1, 0.15) is 6.54 Å². The molecule has 2 aromatic rings. The number of carbonyl (C=O) groups is 2. The molecule has 0 saturated carbocycles. The molecule has 12 heteroatoms. The van der Waals surface area contributed by atoms with E-state index in [4.69, 9.17) is 11.7 Å². The summed E-state index contributed by atoms with van der Waals surface area (Å²) in [6.45, 7) is 6.09. The predicted molar refractivity (Wildman–Crippen MR) is 137 cm³/mol. The van der Waals surface area contributed by atoms with Gasteiger partial charge >= 0.3 is 6.03 Å². The van der Waals surface area contributed by atoms with Crippen molar-refractivity contribution in [1.29, 1.82) is 0 Å². The molecule has 0 fully saturated rings. The summed E-state index contributed by atoms with van der Waals surface area (Å²) in [7, 11) is 0. The van der Waals surface area contributed by atoms with E-state index < -0.39 is 6.03 Å². The van der Waals surface area contributed by atoms with Crippen LogP contribution in [-0.2, 0) is 11.3 Å². The first-order valence-electron chi connectivity index (χ1n) is 10.8. The van der Waals surface area contributed by atoms with Gasteiger partial charge in [-0.05, 0) is 35.2 Å². The minimum Gasteiger partial charge on any atom is -0.350 e. The van der Waals surface area contributed by atoms with Crippen LogP contribution in [0.3, 0.4) is 0 Å². The monoisotopic (exact) mass is 480 g/mol. The van der Waals surface area contributed by atoms with Crippen LogP contribution in [0.5, 0.6) is 0 Å². The Bertz CT molecular complexity index is 1060. The van der Waals surface area contributed by atoms with Gasteiger partial charge in [0.2, 0.25) is 5.91 Å². The van der Waals surface area contributed by atoms with Gasteiger partial charge in [-0.15, -0.1) is 0 Å². The van der Waals surface area contributed by atoms with E-state index in [2.05, 4.69) is 36.8 Å². The molecular formula is C23H32N10O2. The van der Waals surface area contributed by atoms with E-state index in [1.54, 1.807) is 18.3 Å². The number of amides is 3. The van der Waals surface area contributed by atoms with E-state index in [1.807, 2.05) is 63.2 Å². The zero-order chi connectivity index (χ0) is 25.7. The van der Waals surface area contributed by atoms with Crippen molar-refractivity contribution in [2.45, 2.75) is 27.3 Å². The SMILES string of the molecule is CC(C)(C)/C=N/N(/C(=C\NN)NC(=O)Nc1ccccc1)c1cccc(CNC(=O)CN=NN)c1. The third-order valence-corrected chi connectivity index (χ3v) is 4.22. The first-order chi connectivity index (χ1) is 16.7. The van der Waals surface area contributed by atoms with Crippen molar-refractivity contribution in [2.75, 3.05) is 16.9 Å². The molecule has 2 rings (SSSR count). The summed E-state index contributed by atoms with van der Waals surface area (Å²) in [4.78, 5) is 24.5. The van der Waals surface area contributed by atoms with Crippen LogP contribution in [0.4, 0.5) is 16.2 Å².